The summed E-state index contributed by atoms with van der Waals surface area (Å²) in [6.07, 6.45) is 6.88. The van der Waals surface area contributed by atoms with E-state index >= 15 is 0 Å². The van der Waals surface area contributed by atoms with Crippen molar-refractivity contribution in [3.05, 3.63) is 77.6 Å². The zero-order chi connectivity index (χ0) is 13.1. The van der Waals surface area contributed by atoms with Gasteiger partial charge in [0.2, 0.25) is 0 Å². The van der Waals surface area contributed by atoms with Crippen LogP contribution >= 0.6 is 0 Å². The van der Waals surface area contributed by atoms with Gasteiger partial charge in [0, 0.05) is 0 Å². The molecule has 0 aromatic heterocycles. The van der Waals surface area contributed by atoms with Crippen LogP contribution in [-0.2, 0) is 6.42 Å². The van der Waals surface area contributed by atoms with E-state index in [1.807, 2.05) is 42.5 Å². The number of hydrogen-bond donors (Lipinski definition) is 1. The number of ether oxygens (including phenoxy) is 1. The summed E-state index contributed by atoms with van der Waals surface area (Å²) in [5.74, 6) is 2.06. The van der Waals surface area contributed by atoms with Crippen molar-refractivity contribution in [1.29, 1.82) is 0 Å². The zero-order valence-corrected chi connectivity index (χ0v) is 10.4. The molecule has 0 amide bonds. The average Bonchev–Trinajstić information content (AvgIpc) is 2.46. The van der Waals surface area contributed by atoms with Crippen LogP contribution in [0.25, 0.3) is 6.08 Å². The SMILES string of the molecule is Oc1ccc(C=CC2=CCc3ccccc3O2)cc1. The molecular formula is C17H14O2. The fourth-order valence-corrected chi connectivity index (χ4v) is 2.02. The molecule has 0 atom stereocenters. The molecule has 0 saturated carbocycles. The van der Waals surface area contributed by atoms with Crippen molar-refractivity contribution in [2.24, 2.45) is 0 Å². The van der Waals surface area contributed by atoms with Crippen LogP contribution in [0.3, 0.4) is 0 Å². The summed E-state index contributed by atoms with van der Waals surface area (Å²) in [6.45, 7) is 0. The minimum absolute atomic E-state index is 0.277. The zero-order valence-electron chi connectivity index (χ0n) is 10.4. The third-order valence-corrected chi connectivity index (χ3v) is 3.06. The highest BCUT2D eigenvalue weighted by Crippen LogP contribution is 2.26. The van der Waals surface area contributed by atoms with E-state index in [1.54, 1.807) is 12.1 Å². The smallest absolute Gasteiger partial charge is 0.130 e. The first-order valence-electron chi connectivity index (χ1n) is 6.24. The van der Waals surface area contributed by atoms with Crippen molar-refractivity contribution >= 4 is 6.08 Å². The van der Waals surface area contributed by atoms with Crippen molar-refractivity contribution in [3.8, 4) is 11.5 Å². The van der Waals surface area contributed by atoms with Gasteiger partial charge in [-0.25, -0.2) is 0 Å². The number of aromatic hydroxyl groups is 1. The number of benzene rings is 2. The highest BCUT2D eigenvalue weighted by Gasteiger charge is 2.09. The third kappa shape index (κ3) is 2.68. The van der Waals surface area contributed by atoms with Gasteiger partial charge in [-0.1, -0.05) is 36.4 Å². The largest absolute Gasteiger partial charge is 0.508 e. The maximum atomic E-state index is 9.22. The maximum absolute atomic E-state index is 9.22. The van der Waals surface area contributed by atoms with E-state index in [2.05, 4.69) is 12.1 Å². The number of hydrogen-bond acceptors (Lipinski definition) is 2. The van der Waals surface area contributed by atoms with Gasteiger partial charge in [0.15, 0.2) is 0 Å². The summed E-state index contributed by atoms with van der Waals surface area (Å²) in [5, 5.41) is 9.22. The van der Waals surface area contributed by atoms with Gasteiger partial charge < -0.3 is 9.84 Å². The van der Waals surface area contributed by atoms with Gasteiger partial charge in [0.05, 0.1) is 0 Å². The summed E-state index contributed by atoms with van der Waals surface area (Å²) in [7, 11) is 0. The number of allylic oxidation sites excluding steroid dienone is 2. The molecule has 1 aliphatic rings. The monoisotopic (exact) mass is 250 g/mol. The molecule has 1 aliphatic heterocycles. The maximum Gasteiger partial charge on any atom is 0.130 e. The van der Waals surface area contributed by atoms with Crippen LogP contribution in [0.1, 0.15) is 11.1 Å². The molecule has 2 heteroatoms. The molecule has 2 aromatic carbocycles. The number of para-hydroxylation sites is 1. The van der Waals surface area contributed by atoms with E-state index in [0.717, 1.165) is 23.5 Å². The Balaban J connectivity index is 1.75. The minimum Gasteiger partial charge on any atom is -0.508 e. The first-order chi connectivity index (χ1) is 9.31. The topological polar surface area (TPSA) is 29.5 Å². The Labute approximate surface area is 112 Å². The first kappa shape index (κ1) is 11.6. The standard InChI is InChI=1S/C17H14O2/c18-15-9-5-13(6-10-15)7-11-16-12-8-14-3-1-2-4-17(14)19-16/h1-7,9-12,18H,8H2. The number of phenols is 1. The van der Waals surface area contributed by atoms with Crippen LogP contribution in [0.5, 0.6) is 11.5 Å². The molecule has 1 N–H and O–H groups in total. The third-order valence-electron chi connectivity index (χ3n) is 3.06. The predicted octanol–water partition coefficient (Wildman–Crippen LogP) is 3.92. The Kier molecular flexibility index (Phi) is 3.07. The molecule has 0 aliphatic carbocycles. The molecule has 19 heavy (non-hydrogen) atoms. The van der Waals surface area contributed by atoms with Gasteiger partial charge in [-0.15, -0.1) is 0 Å². The highest BCUT2D eigenvalue weighted by molar-refractivity contribution is 5.54. The average molecular weight is 250 g/mol. The molecule has 1 heterocycles. The quantitative estimate of drug-likeness (QED) is 0.875. The molecule has 2 aromatic rings. The Morgan fingerprint density at radius 2 is 1.74 bits per heavy atom. The lowest BCUT2D eigenvalue weighted by molar-refractivity contribution is 0.429. The lowest BCUT2D eigenvalue weighted by Crippen LogP contribution is -2.02. The van der Waals surface area contributed by atoms with Crippen LogP contribution < -0.4 is 4.74 Å². The number of rotatable bonds is 2. The van der Waals surface area contributed by atoms with Crippen LogP contribution in [0.2, 0.25) is 0 Å². The molecular weight excluding hydrogens is 236 g/mol. The second-order valence-corrected chi connectivity index (χ2v) is 4.45. The Hall–Kier alpha value is -2.48. The van der Waals surface area contributed by atoms with Gasteiger partial charge in [0.1, 0.15) is 17.3 Å². The van der Waals surface area contributed by atoms with Crippen LogP contribution in [0.4, 0.5) is 0 Å². The van der Waals surface area contributed by atoms with Crippen molar-refractivity contribution in [1.82, 2.24) is 0 Å². The van der Waals surface area contributed by atoms with E-state index in [9.17, 15) is 5.11 Å². The van der Waals surface area contributed by atoms with E-state index in [4.69, 9.17) is 4.74 Å². The summed E-state index contributed by atoms with van der Waals surface area (Å²) in [6, 6.07) is 15.1. The van der Waals surface area contributed by atoms with Crippen molar-refractivity contribution in [3.63, 3.8) is 0 Å². The van der Waals surface area contributed by atoms with Crippen molar-refractivity contribution in [2.75, 3.05) is 0 Å². The summed E-state index contributed by atoms with van der Waals surface area (Å²) < 4.78 is 5.80. The van der Waals surface area contributed by atoms with E-state index < -0.39 is 0 Å². The summed E-state index contributed by atoms with van der Waals surface area (Å²) >= 11 is 0. The number of phenolic OH excluding ortho intramolecular Hbond substituents is 1. The van der Waals surface area contributed by atoms with Crippen LogP contribution in [0.15, 0.2) is 66.4 Å². The van der Waals surface area contributed by atoms with Gasteiger partial charge >= 0.3 is 0 Å². The second kappa shape index (κ2) is 5.02. The minimum atomic E-state index is 0.277. The van der Waals surface area contributed by atoms with Crippen molar-refractivity contribution < 1.29 is 9.84 Å². The van der Waals surface area contributed by atoms with Gasteiger partial charge in [-0.2, -0.15) is 0 Å². The van der Waals surface area contributed by atoms with E-state index in [0.29, 0.717) is 0 Å². The van der Waals surface area contributed by atoms with Crippen LogP contribution in [0, 0.1) is 0 Å². The molecule has 94 valence electrons. The van der Waals surface area contributed by atoms with Crippen LogP contribution in [-0.4, -0.2) is 5.11 Å². The van der Waals surface area contributed by atoms with Gasteiger partial charge in [0.25, 0.3) is 0 Å². The molecule has 0 bridgehead atoms. The molecule has 3 rings (SSSR count). The van der Waals surface area contributed by atoms with Gasteiger partial charge in [-0.3, -0.25) is 0 Å². The fourth-order valence-electron chi connectivity index (χ4n) is 2.02. The highest BCUT2D eigenvalue weighted by atomic mass is 16.5. The lowest BCUT2D eigenvalue weighted by Gasteiger charge is -2.15. The normalized spacial score (nSPS) is 13.8. The fraction of sp³-hybridized carbons (Fsp3) is 0.0588. The van der Waals surface area contributed by atoms with Crippen molar-refractivity contribution in [2.45, 2.75) is 6.42 Å². The summed E-state index contributed by atoms with van der Waals surface area (Å²) in [4.78, 5) is 0. The molecule has 0 unspecified atom stereocenters. The lowest BCUT2D eigenvalue weighted by atomic mass is 10.1. The summed E-state index contributed by atoms with van der Waals surface area (Å²) in [5.41, 5.74) is 2.24. The molecule has 2 nitrogen and oxygen atoms in total. The van der Waals surface area contributed by atoms with Gasteiger partial charge in [-0.05, 0) is 47.9 Å². The van der Waals surface area contributed by atoms with E-state index in [1.165, 1.54) is 5.56 Å². The van der Waals surface area contributed by atoms with E-state index in [-0.39, 0.29) is 5.75 Å². The Morgan fingerprint density at radius 3 is 2.58 bits per heavy atom. The Morgan fingerprint density at radius 1 is 0.947 bits per heavy atom. The Bertz CT molecular complexity index is 637. The molecule has 0 saturated heterocycles. The first-order valence-corrected chi connectivity index (χ1v) is 6.24. The predicted molar refractivity (Wildman–Crippen MR) is 76.0 cm³/mol. The molecule has 0 spiro atoms. The molecule has 0 fully saturated rings. The molecule has 0 radical (unpaired) electrons. The second-order valence-electron chi connectivity index (χ2n) is 4.45. The number of fused-ring (bicyclic) bond motifs is 1.